The van der Waals surface area contributed by atoms with Crippen LogP contribution in [0.15, 0.2) is 65.6 Å². The fourth-order valence-electron chi connectivity index (χ4n) is 2.43. The fraction of sp³-hybridized carbons (Fsp3) is 0. The molecule has 0 aliphatic heterocycles. The summed E-state index contributed by atoms with van der Waals surface area (Å²) in [5.41, 5.74) is 6.63. The van der Waals surface area contributed by atoms with Gasteiger partial charge in [0.15, 0.2) is 0 Å². The van der Waals surface area contributed by atoms with Gasteiger partial charge in [-0.15, -0.1) is 0 Å². The number of anilines is 3. The number of hydrogen-bond donors (Lipinski definition) is 3. The SMILES string of the molecule is Nc1c(Cl)cc(NC(=O)c2cccc(S(=O)(=O)Nc3cccc(Cl)c3)c2)cc1Cl. The van der Waals surface area contributed by atoms with Gasteiger partial charge < -0.3 is 11.1 Å². The maximum absolute atomic E-state index is 12.6. The summed E-state index contributed by atoms with van der Waals surface area (Å²) in [6.45, 7) is 0. The summed E-state index contributed by atoms with van der Waals surface area (Å²) in [5.74, 6) is -0.540. The predicted molar refractivity (Wildman–Crippen MR) is 118 cm³/mol. The van der Waals surface area contributed by atoms with Gasteiger partial charge in [0.1, 0.15) is 0 Å². The molecule has 0 spiro atoms. The van der Waals surface area contributed by atoms with Crippen LogP contribution in [0.4, 0.5) is 17.1 Å². The number of carbonyl (C=O) groups is 1. The van der Waals surface area contributed by atoms with Crippen molar-refractivity contribution in [2.45, 2.75) is 4.90 Å². The Morgan fingerprint density at radius 2 is 1.52 bits per heavy atom. The fourth-order valence-corrected chi connectivity index (χ4v) is 4.20. The van der Waals surface area contributed by atoms with Gasteiger partial charge in [-0.3, -0.25) is 9.52 Å². The van der Waals surface area contributed by atoms with Crippen LogP contribution in [0, 0.1) is 0 Å². The van der Waals surface area contributed by atoms with Crippen molar-refractivity contribution in [1.29, 1.82) is 0 Å². The summed E-state index contributed by atoms with van der Waals surface area (Å²) >= 11 is 17.8. The minimum absolute atomic E-state index is 0.0847. The van der Waals surface area contributed by atoms with Gasteiger partial charge in [-0.05, 0) is 48.5 Å². The quantitative estimate of drug-likeness (QED) is 0.441. The number of halogens is 3. The Bertz CT molecular complexity index is 1180. The Morgan fingerprint density at radius 3 is 2.17 bits per heavy atom. The van der Waals surface area contributed by atoms with Crippen LogP contribution < -0.4 is 15.8 Å². The van der Waals surface area contributed by atoms with E-state index in [9.17, 15) is 13.2 Å². The Morgan fingerprint density at radius 1 is 0.862 bits per heavy atom. The molecule has 10 heteroatoms. The molecule has 4 N–H and O–H groups in total. The van der Waals surface area contributed by atoms with E-state index in [1.54, 1.807) is 18.2 Å². The molecule has 0 radical (unpaired) electrons. The lowest BCUT2D eigenvalue weighted by molar-refractivity contribution is 0.102. The zero-order chi connectivity index (χ0) is 21.2. The van der Waals surface area contributed by atoms with Crippen LogP contribution >= 0.6 is 34.8 Å². The molecule has 29 heavy (non-hydrogen) atoms. The molecule has 3 aromatic rings. The molecule has 3 aromatic carbocycles. The van der Waals surface area contributed by atoms with E-state index in [2.05, 4.69) is 10.0 Å². The van der Waals surface area contributed by atoms with Crippen molar-refractivity contribution in [3.05, 3.63) is 81.3 Å². The van der Waals surface area contributed by atoms with Crippen molar-refractivity contribution in [3.63, 3.8) is 0 Å². The molecule has 150 valence electrons. The highest BCUT2D eigenvalue weighted by molar-refractivity contribution is 7.92. The lowest BCUT2D eigenvalue weighted by Crippen LogP contribution is -2.16. The smallest absolute Gasteiger partial charge is 0.261 e. The second-order valence-corrected chi connectivity index (χ2v) is 8.88. The van der Waals surface area contributed by atoms with Gasteiger partial charge in [-0.25, -0.2) is 8.42 Å². The van der Waals surface area contributed by atoms with E-state index in [0.717, 1.165) is 0 Å². The van der Waals surface area contributed by atoms with Crippen LogP contribution in [-0.2, 0) is 10.0 Å². The van der Waals surface area contributed by atoms with Crippen molar-refractivity contribution < 1.29 is 13.2 Å². The minimum atomic E-state index is -3.93. The first kappa shape index (κ1) is 21.3. The molecule has 0 bridgehead atoms. The Balaban J connectivity index is 1.84. The second kappa shape index (κ2) is 8.51. The van der Waals surface area contributed by atoms with Gasteiger partial charge in [0, 0.05) is 16.3 Å². The van der Waals surface area contributed by atoms with E-state index >= 15 is 0 Å². The number of hydrogen-bond acceptors (Lipinski definition) is 4. The zero-order valence-corrected chi connectivity index (χ0v) is 17.7. The van der Waals surface area contributed by atoms with E-state index in [4.69, 9.17) is 40.5 Å². The first-order valence-electron chi connectivity index (χ1n) is 8.10. The summed E-state index contributed by atoms with van der Waals surface area (Å²) < 4.78 is 27.7. The largest absolute Gasteiger partial charge is 0.396 e. The molecule has 0 aromatic heterocycles. The molecule has 3 rings (SSSR count). The molecule has 0 aliphatic rings. The van der Waals surface area contributed by atoms with E-state index in [1.807, 2.05) is 0 Å². The normalized spacial score (nSPS) is 11.1. The predicted octanol–water partition coefficient (Wildman–Crippen LogP) is 5.28. The number of nitrogens with one attached hydrogen (secondary N) is 2. The van der Waals surface area contributed by atoms with Crippen LogP contribution in [0.3, 0.4) is 0 Å². The van der Waals surface area contributed by atoms with Crippen molar-refractivity contribution in [2.24, 2.45) is 0 Å². The standard InChI is InChI=1S/C19H14Cl3N3O3S/c20-12-4-2-5-13(8-12)25-29(27,28)15-6-1-3-11(7-15)19(26)24-14-9-16(21)18(23)17(22)10-14/h1-10,25H,23H2,(H,24,26). The topological polar surface area (TPSA) is 101 Å². The van der Waals surface area contributed by atoms with Crippen molar-refractivity contribution in [1.82, 2.24) is 0 Å². The van der Waals surface area contributed by atoms with Crippen LogP contribution in [0.5, 0.6) is 0 Å². The van der Waals surface area contributed by atoms with E-state index in [-0.39, 0.29) is 26.2 Å². The molecule has 0 saturated carbocycles. The van der Waals surface area contributed by atoms with E-state index < -0.39 is 15.9 Å². The molecule has 0 saturated heterocycles. The number of sulfonamides is 1. The molecular formula is C19H14Cl3N3O3S. The maximum atomic E-state index is 12.6. The molecule has 6 nitrogen and oxygen atoms in total. The summed E-state index contributed by atoms with van der Waals surface area (Å²) in [6, 6.07) is 14.7. The van der Waals surface area contributed by atoms with Crippen LogP contribution in [0.25, 0.3) is 0 Å². The van der Waals surface area contributed by atoms with Gasteiger partial charge >= 0.3 is 0 Å². The number of nitrogen functional groups attached to an aromatic ring is 1. The van der Waals surface area contributed by atoms with Crippen LogP contribution in [0.1, 0.15) is 10.4 Å². The maximum Gasteiger partial charge on any atom is 0.261 e. The number of carbonyl (C=O) groups excluding carboxylic acids is 1. The summed E-state index contributed by atoms with van der Waals surface area (Å²) in [6.07, 6.45) is 0. The first-order chi connectivity index (χ1) is 13.7. The van der Waals surface area contributed by atoms with Gasteiger partial charge in [-0.2, -0.15) is 0 Å². The van der Waals surface area contributed by atoms with Crippen LogP contribution in [0.2, 0.25) is 15.1 Å². The number of nitrogens with two attached hydrogens (primary N) is 1. The number of rotatable bonds is 5. The van der Waals surface area contributed by atoms with E-state index in [0.29, 0.717) is 16.4 Å². The van der Waals surface area contributed by atoms with E-state index in [1.165, 1.54) is 42.5 Å². The summed E-state index contributed by atoms with van der Waals surface area (Å²) in [7, 11) is -3.93. The average Bonchev–Trinajstić information content (AvgIpc) is 2.66. The highest BCUT2D eigenvalue weighted by Crippen LogP contribution is 2.31. The zero-order valence-electron chi connectivity index (χ0n) is 14.6. The Hall–Kier alpha value is -2.45. The molecule has 1 amide bonds. The molecular weight excluding hydrogens is 457 g/mol. The Kier molecular flexibility index (Phi) is 6.24. The van der Waals surface area contributed by atoms with Gasteiger partial charge in [0.25, 0.3) is 15.9 Å². The third-order valence-corrected chi connectivity index (χ3v) is 6.06. The van der Waals surface area contributed by atoms with Crippen molar-refractivity contribution in [3.8, 4) is 0 Å². The van der Waals surface area contributed by atoms with Crippen molar-refractivity contribution >= 4 is 67.8 Å². The number of benzene rings is 3. The molecule has 0 heterocycles. The third kappa shape index (κ3) is 5.13. The lowest BCUT2D eigenvalue weighted by atomic mass is 10.2. The molecule has 0 aliphatic carbocycles. The van der Waals surface area contributed by atoms with Crippen molar-refractivity contribution in [2.75, 3.05) is 15.8 Å². The highest BCUT2D eigenvalue weighted by atomic mass is 35.5. The third-order valence-electron chi connectivity index (χ3n) is 3.82. The van der Waals surface area contributed by atoms with Gasteiger partial charge in [-0.1, -0.05) is 46.9 Å². The first-order valence-corrected chi connectivity index (χ1v) is 10.7. The summed E-state index contributed by atoms with van der Waals surface area (Å²) in [4.78, 5) is 12.5. The highest BCUT2D eigenvalue weighted by Gasteiger charge is 2.17. The monoisotopic (exact) mass is 469 g/mol. The molecule has 0 unspecified atom stereocenters. The Labute approximate surface area is 182 Å². The van der Waals surface area contributed by atoms with Gasteiger partial charge in [0.2, 0.25) is 0 Å². The average molecular weight is 471 g/mol. The minimum Gasteiger partial charge on any atom is -0.396 e. The second-order valence-electron chi connectivity index (χ2n) is 5.95. The molecule has 0 fully saturated rings. The molecule has 0 atom stereocenters. The lowest BCUT2D eigenvalue weighted by Gasteiger charge is -2.11. The van der Waals surface area contributed by atoms with Gasteiger partial charge in [0.05, 0.1) is 26.3 Å². The summed E-state index contributed by atoms with van der Waals surface area (Å²) in [5, 5.41) is 3.37. The van der Waals surface area contributed by atoms with Crippen LogP contribution in [-0.4, -0.2) is 14.3 Å². The number of amides is 1.